The molecule has 0 aliphatic rings. The molecule has 0 heterocycles. The molecule has 0 fully saturated rings. The van der Waals surface area contributed by atoms with Crippen LogP contribution in [-0.2, 0) is 0 Å². The zero-order valence-electron chi connectivity index (χ0n) is 7.89. The molecule has 68 valence electrons. The molecule has 0 bridgehead atoms. The van der Waals surface area contributed by atoms with E-state index in [4.69, 9.17) is 0 Å². The summed E-state index contributed by atoms with van der Waals surface area (Å²) in [6.45, 7) is 4.27. The highest BCUT2D eigenvalue weighted by Gasteiger charge is 1.72. The fourth-order valence-corrected chi connectivity index (χ4v) is 1.23. The fraction of sp³-hybridized carbons (Fsp3) is 0.455. The molecule has 0 amide bonds. The van der Waals surface area contributed by atoms with Crippen molar-refractivity contribution in [1.82, 2.24) is 0 Å². The van der Waals surface area contributed by atoms with Crippen LogP contribution in [0.3, 0.4) is 0 Å². The Hall–Kier alpha value is -0.300. The molecule has 12 heavy (non-hydrogen) atoms. The summed E-state index contributed by atoms with van der Waals surface area (Å²) in [5.41, 5.74) is 1.32. The minimum atomic E-state index is 1.16. The lowest BCUT2D eigenvalue weighted by Gasteiger charge is -1.82. The summed E-state index contributed by atoms with van der Waals surface area (Å²) < 4.78 is 0. The van der Waals surface area contributed by atoms with Gasteiger partial charge in [-0.25, -0.2) is 0 Å². The van der Waals surface area contributed by atoms with Gasteiger partial charge in [-0.1, -0.05) is 65.2 Å². The zero-order chi connectivity index (χ0) is 9.23. The van der Waals surface area contributed by atoms with Crippen LogP contribution in [0.5, 0.6) is 0 Å². The predicted molar refractivity (Wildman–Crippen MR) is 59.9 cm³/mol. The van der Waals surface area contributed by atoms with Gasteiger partial charge in [0.25, 0.3) is 0 Å². The van der Waals surface area contributed by atoms with Crippen LogP contribution in [0.1, 0.15) is 25.3 Å². The zero-order valence-corrected chi connectivity index (χ0v) is 9.47. The summed E-state index contributed by atoms with van der Waals surface area (Å²) in [6.07, 6.45) is 2.60. The molecule has 0 aliphatic carbocycles. The van der Waals surface area contributed by atoms with Crippen LogP contribution in [0.25, 0.3) is 0 Å². The summed E-state index contributed by atoms with van der Waals surface area (Å²) >= 11 is 3.31. The molecule has 1 aromatic carbocycles. The number of hydrogen-bond acceptors (Lipinski definition) is 0. The van der Waals surface area contributed by atoms with Gasteiger partial charge in [-0.15, -0.1) is 0 Å². The molecule has 1 rings (SSSR count). The second-order valence-electron chi connectivity index (χ2n) is 2.70. The summed E-state index contributed by atoms with van der Waals surface area (Å²) in [4.78, 5) is 0. The van der Waals surface area contributed by atoms with Crippen molar-refractivity contribution in [2.75, 3.05) is 5.33 Å². The Kier molecular flexibility index (Phi) is 8.57. The van der Waals surface area contributed by atoms with Gasteiger partial charge < -0.3 is 0 Å². The Morgan fingerprint density at radius 2 is 1.75 bits per heavy atom. The molecule has 0 nitrogen and oxygen atoms in total. The maximum atomic E-state index is 3.31. The first kappa shape index (κ1) is 11.7. The van der Waals surface area contributed by atoms with Crippen molar-refractivity contribution in [3.8, 4) is 0 Å². The molecule has 0 radical (unpaired) electrons. The van der Waals surface area contributed by atoms with Gasteiger partial charge in [0.2, 0.25) is 0 Å². The van der Waals surface area contributed by atoms with Crippen LogP contribution >= 0.6 is 15.9 Å². The first-order chi connectivity index (χ1) is 5.81. The maximum absolute atomic E-state index is 3.31. The number of hydrogen-bond donors (Lipinski definition) is 0. The molecule has 0 N–H and O–H groups in total. The Bertz CT molecular complexity index is 168. The second kappa shape index (κ2) is 8.79. The molecule has 1 aromatic rings. The fourth-order valence-electron chi connectivity index (χ4n) is 0.668. The van der Waals surface area contributed by atoms with E-state index in [1.54, 1.807) is 0 Å². The Labute approximate surface area is 84.1 Å². The van der Waals surface area contributed by atoms with Crippen LogP contribution < -0.4 is 0 Å². The van der Waals surface area contributed by atoms with Gasteiger partial charge in [0.05, 0.1) is 0 Å². The Morgan fingerprint density at radius 1 is 1.17 bits per heavy atom. The van der Waals surface area contributed by atoms with Gasteiger partial charge in [0, 0.05) is 5.33 Å². The Balaban J connectivity index is 0.000000217. The quantitative estimate of drug-likeness (QED) is 0.667. The molecule has 0 aromatic heterocycles. The van der Waals surface area contributed by atoms with Gasteiger partial charge in [-0.05, 0) is 13.3 Å². The summed E-state index contributed by atoms with van der Waals surface area (Å²) in [5, 5.41) is 1.16. The van der Waals surface area contributed by atoms with Gasteiger partial charge in [0.1, 0.15) is 0 Å². The van der Waals surface area contributed by atoms with E-state index in [2.05, 4.69) is 41.9 Å². The average Bonchev–Trinajstić information content (AvgIpc) is 2.08. The number of aryl methyl sites for hydroxylation is 1. The van der Waals surface area contributed by atoms with E-state index >= 15 is 0 Å². The molecule has 0 saturated heterocycles. The van der Waals surface area contributed by atoms with Crippen LogP contribution in [0.4, 0.5) is 0 Å². The lowest BCUT2D eigenvalue weighted by atomic mass is 10.2. The first-order valence-corrected chi connectivity index (χ1v) is 5.51. The number of unbranched alkanes of at least 4 members (excludes halogenated alkanes) is 1. The van der Waals surface area contributed by atoms with E-state index in [1.807, 2.05) is 18.2 Å². The topological polar surface area (TPSA) is 0 Å². The standard InChI is InChI=1S/C7H8.C4H9Br/c1-7-5-3-2-4-6-7;1-2-3-4-5/h2-6H,1H3;2-4H2,1H3. The molecule has 1 heteroatoms. The number of benzene rings is 1. The molecule has 0 unspecified atom stereocenters. The van der Waals surface area contributed by atoms with E-state index < -0.39 is 0 Å². The van der Waals surface area contributed by atoms with E-state index in [0.29, 0.717) is 0 Å². The average molecular weight is 229 g/mol. The minimum absolute atomic E-state index is 1.16. The molecule has 0 atom stereocenters. The largest absolute Gasteiger partial charge is 0.0928 e. The molecule has 0 spiro atoms. The van der Waals surface area contributed by atoms with Crippen LogP contribution in [0, 0.1) is 6.92 Å². The van der Waals surface area contributed by atoms with Crippen molar-refractivity contribution in [1.29, 1.82) is 0 Å². The van der Waals surface area contributed by atoms with Crippen molar-refractivity contribution >= 4 is 15.9 Å². The van der Waals surface area contributed by atoms with Crippen LogP contribution in [-0.4, -0.2) is 5.33 Å². The van der Waals surface area contributed by atoms with Gasteiger partial charge in [0.15, 0.2) is 0 Å². The number of alkyl halides is 1. The monoisotopic (exact) mass is 228 g/mol. The lowest BCUT2D eigenvalue weighted by Crippen LogP contribution is -1.64. The van der Waals surface area contributed by atoms with Crippen LogP contribution in [0.15, 0.2) is 30.3 Å². The van der Waals surface area contributed by atoms with E-state index in [9.17, 15) is 0 Å². The first-order valence-electron chi connectivity index (χ1n) is 4.39. The highest BCUT2D eigenvalue weighted by atomic mass is 79.9. The van der Waals surface area contributed by atoms with Gasteiger partial charge in [-0.3, -0.25) is 0 Å². The van der Waals surface area contributed by atoms with Crippen molar-refractivity contribution < 1.29 is 0 Å². The van der Waals surface area contributed by atoms with E-state index in [0.717, 1.165) is 5.33 Å². The third-order valence-electron chi connectivity index (χ3n) is 1.43. The molecular formula is C11H17Br. The summed E-state index contributed by atoms with van der Waals surface area (Å²) in [6, 6.07) is 10.3. The number of rotatable bonds is 2. The van der Waals surface area contributed by atoms with Crippen molar-refractivity contribution in [3.05, 3.63) is 35.9 Å². The highest BCUT2D eigenvalue weighted by molar-refractivity contribution is 9.09. The van der Waals surface area contributed by atoms with Crippen molar-refractivity contribution in [2.24, 2.45) is 0 Å². The van der Waals surface area contributed by atoms with E-state index in [-0.39, 0.29) is 0 Å². The highest BCUT2D eigenvalue weighted by Crippen LogP contribution is 1.92. The van der Waals surface area contributed by atoms with Crippen molar-refractivity contribution in [3.63, 3.8) is 0 Å². The smallest absolute Gasteiger partial charge is 0.00312 e. The molecule has 0 aliphatic heterocycles. The van der Waals surface area contributed by atoms with Gasteiger partial charge in [-0.2, -0.15) is 0 Å². The molecule has 0 saturated carbocycles. The summed E-state index contributed by atoms with van der Waals surface area (Å²) in [7, 11) is 0. The van der Waals surface area contributed by atoms with Crippen LogP contribution in [0.2, 0.25) is 0 Å². The lowest BCUT2D eigenvalue weighted by molar-refractivity contribution is 0.902. The van der Waals surface area contributed by atoms with E-state index in [1.165, 1.54) is 18.4 Å². The SMILES string of the molecule is CCCCBr.Cc1ccccc1. The van der Waals surface area contributed by atoms with Gasteiger partial charge >= 0.3 is 0 Å². The minimum Gasteiger partial charge on any atom is -0.0928 e. The predicted octanol–water partition coefficient (Wildman–Crippen LogP) is 4.18. The number of halogens is 1. The molecular weight excluding hydrogens is 212 g/mol. The maximum Gasteiger partial charge on any atom is 0.00312 e. The summed E-state index contributed by atoms with van der Waals surface area (Å²) in [5.74, 6) is 0. The normalized spacial score (nSPS) is 8.58. The third kappa shape index (κ3) is 7.80. The Morgan fingerprint density at radius 3 is 1.92 bits per heavy atom. The third-order valence-corrected chi connectivity index (χ3v) is 1.99. The second-order valence-corrected chi connectivity index (χ2v) is 3.49. The van der Waals surface area contributed by atoms with Crippen molar-refractivity contribution in [2.45, 2.75) is 26.7 Å².